The van der Waals surface area contributed by atoms with Crippen molar-refractivity contribution >= 4 is 40.3 Å². The molecule has 0 saturated heterocycles. The largest absolute Gasteiger partial charge is 0.395 e. The summed E-state index contributed by atoms with van der Waals surface area (Å²) in [6, 6.07) is 6.35. The van der Waals surface area contributed by atoms with Crippen LogP contribution in [0.25, 0.3) is 10.3 Å². The van der Waals surface area contributed by atoms with E-state index in [4.69, 9.17) is 0 Å². The lowest BCUT2D eigenvalue weighted by molar-refractivity contribution is -0.146. The van der Waals surface area contributed by atoms with E-state index in [0.717, 1.165) is 26.6 Å². The van der Waals surface area contributed by atoms with E-state index < -0.39 is 12.1 Å². The Kier molecular flexibility index (Phi) is 5.47. The van der Waals surface area contributed by atoms with Crippen molar-refractivity contribution in [2.75, 3.05) is 5.32 Å². The fourth-order valence-corrected chi connectivity index (χ4v) is 3.70. The predicted octanol–water partition coefficient (Wildman–Crippen LogP) is 6.22. The summed E-state index contributed by atoms with van der Waals surface area (Å²) in [5, 5.41) is 4.24. The van der Waals surface area contributed by atoms with Crippen molar-refractivity contribution in [1.82, 2.24) is 9.97 Å². The van der Waals surface area contributed by atoms with E-state index in [0.29, 0.717) is 5.69 Å². The topological polar surface area (TPSA) is 37.8 Å². The highest BCUT2D eigenvalue weighted by Crippen LogP contribution is 2.36. The Morgan fingerprint density at radius 2 is 1.81 bits per heavy atom. The molecule has 8 heteroatoms. The van der Waals surface area contributed by atoms with Gasteiger partial charge in [0.15, 0.2) is 0 Å². The van der Waals surface area contributed by atoms with E-state index in [1.54, 1.807) is 29.7 Å². The highest BCUT2D eigenvalue weighted by atomic mass is 32.1. The van der Waals surface area contributed by atoms with Crippen molar-refractivity contribution in [2.24, 2.45) is 0 Å². The molecule has 2 atom stereocenters. The van der Waals surface area contributed by atoms with Crippen LogP contribution in [0.1, 0.15) is 41.7 Å². The number of alkyl halides is 3. The number of halogens is 3. The fraction of sp³-hybridized carbons (Fsp3) is 0.368. The van der Waals surface area contributed by atoms with Crippen LogP contribution in [0.5, 0.6) is 0 Å². The van der Waals surface area contributed by atoms with Gasteiger partial charge in [0.25, 0.3) is 0 Å². The zero-order valence-electron chi connectivity index (χ0n) is 15.6. The predicted molar refractivity (Wildman–Crippen MR) is 106 cm³/mol. The lowest BCUT2D eigenvalue weighted by Gasteiger charge is -2.18. The molecule has 0 bridgehead atoms. The van der Waals surface area contributed by atoms with Crippen LogP contribution in [0.15, 0.2) is 30.5 Å². The third-order valence-electron chi connectivity index (χ3n) is 4.71. The number of aromatic nitrogens is 2. The van der Waals surface area contributed by atoms with Crippen molar-refractivity contribution in [3.63, 3.8) is 0 Å². The second-order valence-corrected chi connectivity index (χ2v) is 7.79. The molecule has 0 saturated carbocycles. The molecule has 1 radical (unpaired) electrons. The van der Waals surface area contributed by atoms with Crippen LogP contribution < -0.4 is 5.32 Å². The highest BCUT2D eigenvalue weighted by Gasteiger charge is 2.36. The third kappa shape index (κ3) is 4.10. The molecule has 3 nitrogen and oxygen atoms in total. The molecule has 0 amide bonds. The average Bonchev–Trinajstić information content (AvgIpc) is 3.00. The van der Waals surface area contributed by atoms with Crippen molar-refractivity contribution < 1.29 is 13.2 Å². The molecule has 0 aliphatic carbocycles. The normalized spacial score (nSPS) is 14.2. The minimum Gasteiger partial charge on any atom is -0.354 e. The van der Waals surface area contributed by atoms with Crippen LogP contribution in [-0.2, 0) is 0 Å². The lowest BCUT2D eigenvalue weighted by atomic mass is 9.64. The van der Waals surface area contributed by atoms with E-state index in [2.05, 4.69) is 29.5 Å². The molecular formula is C19H20BF3N3S. The number of nitrogens with one attached hydrogen (secondary N) is 1. The standard InChI is InChI=1S/C19H20BF3N3S/c1-10(19(21,22)23)13-5-7-14(8-6-13)26-15-9-24-18-17(25-12(3)27-18)16(15)11(2)20-4/h5-11,26H,1-4H3/t10-,11+/m0/s1. The van der Waals surface area contributed by atoms with Gasteiger partial charge in [-0.1, -0.05) is 37.2 Å². The number of hydrogen-bond acceptors (Lipinski definition) is 4. The zero-order chi connectivity index (χ0) is 19.8. The fourth-order valence-electron chi connectivity index (χ4n) is 2.93. The molecule has 3 rings (SSSR count). The van der Waals surface area contributed by atoms with Crippen LogP contribution in [0.3, 0.4) is 0 Å². The first kappa shape index (κ1) is 19.7. The molecule has 141 valence electrons. The quantitative estimate of drug-likeness (QED) is 0.526. The van der Waals surface area contributed by atoms with Gasteiger partial charge in [-0.3, -0.25) is 0 Å². The van der Waals surface area contributed by atoms with Gasteiger partial charge in [-0.25, -0.2) is 9.97 Å². The van der Waals surface area contributed by atoms with E-state index in [9.17, 15) is 13.2 Å². The summed E-state index contributed by atoms with van der Waals surface area (Å²) in [7, 11) is 2.09. The van der Waals surface area contributed by atoms with Gasteiger partial charge >= 0.3 is 6.18 Å². The van der Waals surface area contributed by atoms with Crippen molar-refractivity contribution in [3.05, 3.63) is 46.6 Å². The summed E-state index contributed by atoms with van der Waals surface area (Å²) >= 11 is 1.55. The van der Waals surface area contributed by atoms with Crippen LogP contribution in [0, 0.1) is 6.92 Å². The van der Waals surface area contributed by atoms with Gasteiger partial charge in [0.05, 0.1) is 22.8 Å². The van der Waals surface area contributed by atoms with E-state index in [-0.39, 0.29) is 11.4 Å². The molecule has 2 heterocycles. The Labute approximate surface area is 161 Å². The minimum absolute atomic E-state index is 0.157. The maximum atomic E-state index is 12.9. The molecule has 1 aromatic carbocycles. The summed E-state index contributed by atoms with van der Waals surface area (Å²) in [6.07, 6.45) is -2.48. The molecule has 0 spiro atoms. The molecular weight excluding hydrogens is 370 g/mol. The van der Waals surface area contributed by atoms with Gasteiger partial charge < -0.3 is 5.32 Å². The van der Waals surface area contributed by atoms with Crippen LogP contribution in [0.2, 0.25) is 6.82 Å². The van der Waals surface area contributed by atoms with Gasteiger partial charge in [0.2, 0.25) is 0 Å². The third-order valence-corrected chi connectivity index (χ3v) is 5.59. The number of thiazole rings is 1. The first-order chi connectivity index (χ1) is 12.7. The molecule has 3 aromatic rings. The molecule has 27 heavy (non-hydrogen) atoms. The number of benzene rings is 1. The SMILES string of the molecule is C[B][C@H](C)c1c(Nc2ccc([C@H](C)C(F)(F)F)cc2)cnc2sc(C)nc12. The monoisotopic (exact) mass is 390 g/mol. The summed E-state index contributed by atoms with van der Waals surface area (Å²) in [4.78, 5) is 9.99. The van der Waals surface area contributed by atoms with Gasteiger partial charge in [-0.2, -0.15) is 13.2 Å². The van der Waals surface area contributed by atoms with Crippen molar-refractivity contribution in [1.29, 1.82) is 0 Å². The number of aryl methyl sites for hydroxylation is 1. The molecule has 1 N–H and O–H groups in total. The number of nitrogens with zero attached hydrogens (tertiary/aromatic N) is 2. The number of pyridine rings is 1. The number of fused-ring (bicyclic) bond motifs is 1. The van der Waals surface area contributed by atoms with Gasteiger partial charge in [0.1, 0.15) is 17.6 Å². The molecule has 0 unspecified atom stereocenters. The number of hydrogen-bond donors (Lipinski definition) is 1. The molecule has 2 aromatic heterocycles. The van der Waals surface area contributed by atoms with Crippen LogP contribution >= 0.6 is 11.3 Å². The van der Waals surface area contributed by atoms with Crippen LogP contribution in [0.4, 0.5) is 24.5 Å². The highest BCUT2D eigenvalue weighted by molar-refractivity contribution is 7.18. The van der Waals surface area contributed by atoms with Gasteiger partial charge in [-0.15, -0.1) is 0 Å². The smallest absolute Gasteiger partial charge is 0.354 e. The lowest BCUT2D eigenvalue weighted by Crippen LogP contribution is -2.17. The first-order valence-electron chi connectivity index (χ1n) is 8.70. The van der Waals surface area contributed by atoms with Crippen molar-refractivity contribution in [2.45, 2.75) is 45.5 Å². The Bertz CT molecular complexity index is 938. The summed E-state index contributed by atoms with van der Waals surface area (Å²) in [5.41, 5.74) is 3.68. The maximum Gasteiger partial charge on any atom is 0.395 e. The summed E-state index contributed by atoms with van der Waals surface area (Å²) in [5.74, 6) is -1.34. The Balaban J connectivity index is 1.94. The summed E-state index contributed by atoms with van der Waals surface area (Å²) in [6.45, 7) is 7.20. The summed E-state index contributed by atoms with van der Waals surface area (Å²) < 4.78 is 38.6. The van der Waals surface area contributed by atoms with Gasteiger partial charge in [0, 0.05) is 11.3 Å². The first-order valence-corrected chi connectivity index (χ1v) is 9.51. The second kappa shape index (κ2) is 7.50. The van der Waals surface area contributed by atoms with Gasteiger partial charge in [-0.05, 0) is 37.4 Å². The van der Waals surface area contributed by atoms with E-state index in [1.165, 1.54) is 19.1 Å². The Hall–Kier alpha value is -2.09. The van der Waals surface area contributed by atoms with E-state index >= 15 is 0 Å². The number of rotatable bonds is 5. The van der Waals surface area contributed by atoms with E-state index in [1.807, 2.05) is 13.7 Å². The molecule has 0 aliphatic heterocycles. The molecule has 0 aliphatic rings. The average molecular weight is 390 g/mol. The van der Waals surface area contributed by atoms with Crippen LogP contribution in [-0.4, -0.2) is 23.4 Å². The zero-order valence-corrected chi connectivity index (χ0v) is 16.4. The Morgan fingerprint density at radius 3 is 2.41 bits per heavy atom. The van der Waals surface area contributed by atoms with Crippen molar-refractivity contribution in [3.8, 4) is 0 Å². The maximum absolute atomic E-state index is 12.9. The minimum atomic E-state index is -4.24. The number of anilines is 2. The Morgan fingerprint density at radius 1 is 1.15 bits per heavy atom. The second-order valence-electron chi connectivity index (χ2n) is 6.60. The molecule has 0 fully saturated rings.